The molecule has 1 rings (SSSR count). The fraction of sp³-hybridized carbons (Fsp3) is 0. The molecule has 13 heavy (non-hydrogen) atoms. The number of rotatable bonds is 3. The lowest BCUT2D eigenvalue weighted by Crippen LogP contribution is -1.91. The summed E-state index contributed by atoms with van der Waals surface area (Å²) in [6, 6.07) is 4.22. The van der Waals surface area contributed by atoms with E-state index in [0.717, 1.165) is 6.61 Å². The molecule has 0 spiro atoms. The largest absolute Gasteiger partial charge is 0.261 e. The van der Waals surface area contributed by atoms with Crippen LogP contribution in [0.4, 0.5) is 4.39 Å². The average Bonchev–Trinajstić information content (AvgIpc) is 2.07. The maximum absolute atomic E-state index is 12.8. The fourth-order valence-corrected chi connectivity index (χ4v) is 1.27. The van der Waals surface area contributed by atoms with Crippen LogP contribution in [0.5, 0.6) is 0 Å². The van der Waals surface area contributed by atoms with Crippen molar-refractivity contribution in [1.82, 2.24) is 0 Å². The molecule has 0 aliphatic heterocycles. The van der Waals surface area contributed by atoms with Crippen LogP contribution in [0.25, 0.3) is 0 Å². The van der Waals surface area contributed by atoms with Crippen LogP contribution < -0.4 is 0 Å². The van der Waals surface area contributed by atoms with Gasteiger partial charge in [-0.1, -0.05) is 12.1 Å². The van der Waals surface area contributed by atoms with Gasteiger partial charge in [-0.15, -0.1) is 0 Å². The lowest BCUT2D eigenvalue weighted by Gasteiger charge is -2.01. The zero-order valence-corrected chi connectivity index (χ0v) is 8.72. The van der Waals surface area contributed by atoms with Gasteiger partial charge in [0.1, 0.15) is 12.4 Å². The minimum Gasteiger partial charge on any atom is -0.261 e. The highest BCUT2D eigenvalue weighted by molar-refractivity contribution is 9.10. The summed E-state index contributed by atoms with van der Waals surface area (Å²) in [7, 11) is -2.95. The molecular weight excluding hydrogens is 263 g/mol. The summed E-state index contributed by atoms with van der Waals surface area (Å²) in [5, 5.41) is 0. The highest BCUT2D eigenvalue weighted by Gasteiger charge is 2.05. The smallest absolute Gasteiger partial charge is 0.257 e. The van der Waals surface area contributed by atoms with Gasteiger partial charge < -0.3 is 0 Å². The fourth-order valence-electron chi connectivity index (χ4n) is 0.711. The van der Waals surface area contributed by atoms with Gasteiger partial charge >= 0.3 is 0 Å². The topological polar surface area (TPSA) is 43.4 Å². The highest BCUT2D eigenvalue weighted by atomic mass is 79.9. The van der Waals surface area contributed by atoms with Crippen molar-refractivity contribution in [1.29, 1.82) is 0 Å². The number of hydrogen-bond acceptors (Lipinski definition) is 3. The first-order valence-corrected chi connectivity index (χ1v) is 5.08. The van der Waals surface area contributed by atoms with Crippen LogP contribution in [0.2, 0.25) is 0 Å². The molecule has 6 heteroatoms. The number of halogens is 2. The second kappa shape index (κ2) is 4.69. The number of thiol groups is 1. The summed E-state index contributed by atoms with van der Waals surface area (Å²) in [6.45, 7) is 0.957. The van der Waals surface area contributed by atoms with Crippen molar-refractivity contribution in [2.45, 2.75) is 0 Å². The third-order valence-corrected chi connectivity index (χ3v) is 2.36. The predicted octanol–water partition coefficient (Wildman–Crippen LogP) is 1.64. The van der Waals surface area contributed by atoms with Gasteiger partial charge in [-0.3, -0.25) is 4.18 Å². The van der Waals surface area contributed by atoms with Crippen molar-refractivity contribution in [2.75, 3.05) is 0 Å². The van der Waals surface area contributed by atoms with Crippen LogP contribution in [-0.4, -0.2) is 8.42 Å². The molecule has 0 N–H and O–H groups in total. The summed E-state index contributed by atoms with van der Waals surface area (Å²) < 4.78 is 37.3. The van der Waals surface area contributed by atoms with Gasteiger partial charge in [-0.25, -0.2) is 12.8 Å². The van der Waals surface area contributed by atoms with E-state index in [1.54, 1.807) is 0 Å². The molecular formula is C7H5BrFO3S. The van der Waals surface area contributed by atoms with Gasteiger partial charge in [0.2, 0.25) is 0 Å². The van der Waals surface area contributed by atoms with E-state index >= 15 is 0 Å². The second-order valence-electron chi connectivity index (χ2n) is 2.09. The molecule has 0 aliphatic rings. The molecule has 0 atom stereocenters. The van der Waals surface area contributed by atoms with E-state index in [9.17, 15) is 12.8 Å². The minimum absolute atomic E-state index is 0.173. The zero-order chi connectivity index (χ0) is 9.84. The van der Waals surface area contributed by atoms with E-state index < -0.39 is 16.8 Å². The lowest BCUT2D eigenvalue weighted by molar-refractivity contribution is 0.428. The zero-order valence-electron chi connectivity index (χ0n) is 6.24. The predicted molar refractivity (Wildman–Crippen MR) is 48.9 cm³/mol. The van der Waals surface area contributed by atoms with E-state index in [1.807, 2.05) is 0 Å². The third-order valence-electron chi connectivity index (χ3n) is 1.25. The van der Waals surface area contributed by atoms with Gasteiger partial charge in [0.25, 0.3) is 11.0 Å². The Morgan fingerprint density at radius 1 is 1.46 bits per heavy atom. The average molecular weight is 268 g/mol. The SMILES string of the molecule is O=[SH](=O)O[CH]c1cccc(F)c1Br. The summed E-state index contributed by atoms with van der Waals surface area (Å²) in [6.07, 6.45) is 0. The quantitative estimate of drug-likeness (QED) is 0.847. The molecule has 1 radical (unpaired) electrons. The summed E-state index contributed by atoms with van der Waals surface area (Å²) in [5.41, 5.74) is 0.333. The molecule has 0 heterocycles. The van der Waals surface area contributed by atoms with Crippen molar-refractivity contribution < 1.29 is 17.0 Å². The molecule has 0 saturated heterocycles. The van der Waals surface area contributed by atoms with E-state index in [1.165, 1.54) is 18.2 Å². The molecule has 0 bridgehead atoms. The standard InChI is InChI=1S/C7H5BrFO3S/c8-7-5(4-12-13(10)11)2-1-3-6(7)9/h1-4,13H. The normalized spacial score (nSPS) is 10.7. The van der Waals surface area contributed by atoms with E-state index in [4.69, 9.17) is 0 Å². The number of hydrogen-bond donors (Lipinski definition) is 1. The summed E-state index contributed by atoms with van der Waals surface area (Å²) in [4.78, 5) is 0. The Labute approximate surface area is 84.8 Å². The second-order valence-corrected chi connectivity index (χ2v) is 3.54. The minimum atomic E-state index is -2.95. The van der Waals surface area contributed by atoms with Crippen LogP contribution in [0, 0.1) is 12.4 Å². The van der Waals surface area contributed by atoms with Gasteiger partial charge in [0.15, 0.2) is 0 Å². The van der Waals surface area contributed by atoms with Crippen molar-refractivity contribution >= 4 is 26.9 Å². The Balaban J connectivity index is 2.83. The summed E-state index contributed by atoms with van der Waals surface area (Å²) in [5.74, 6) is -0.474. The number of benzene rings is 1. The van der Waals surface area contributed by atoms with Crippen molar-refractivity contribution in [3.8, 4) is 0 Å². The van der Waals surface area contributed by atoms with Crippen LogP contribution >= 0.6 is 15.9 Å². The maximum Gasteiger partial charge on any atom is 0.257 e. The highest BCUT2D eigenvalue weighted by Crippen LogP contribution is 2.21. The van der Waals surface area contributed by atoms with Crippen molar-refractivity contribution in [3.63, 3.8) is 0 Å². The summed E-state index contributed by atoms with van der Waals surface area (Å²) >= 11 is 2.95. The molecule has 1 aromatic rings. The molecule has 0 aliphatic carbocycles. The van der Waals surface area contributed by atoms with Crippen LogP contribution in [-0.2, 0) is 15.2 Å². The Morgan fingerprint density at radius 3 is 2.77 bits per heavy atom. The molecule has 0 unspecified atom stereocenters. The Morgan fingerprint density at radius 2 is 2.15 bits per heavy atom. The molecule has 71 valence electrons. The van der Waals surface area contributed by atoms with Gasteiger partial charge in [-0.05, 0) is 22.0 Å². The Bertz CT molecular complexity index is 370. The first-order chi connectivity index (χ1) is 6.11. The Kier molecular flexibility index (Phi) is 3.83. The van der Waals surface area contributed by atoms with Crippen molar-refractivity contribution in [2.24, 2.45) is 0 Å². The van der Waals surface area contributed by atoms with E-state index in [-0.39, 0.29) is 4.47 Å². The van der Waals surface area contributed by atoms with E-state index in [0.29, 0.717) is 5.56 Å². The first kappa shape index (κ1) is 10.6. The van der Waals surface area contributed by atoms with Crippen molar-refractivity contribution in [3.05, 3.63) is 40.7 Å². The molecule has 0 amide bonds. The van der Waals surface area contributed by atoms with Crippen LogP contribution in [0.3, 0.4) is 0 Å². The van der Waals surface area contributed by atoms with Gasteiger partial charge in [0, 0.05) is 5.56 Å². The maximum atomic E-state index is 12.8. The molecule has 0 aromatic heterocycles. The van der Waals surface area contributed by atoms with E-state index in [2.05, 4.69) is 20.1 Å². The van der Waals surface area contributed by atoms with Crippen LogP contribution in [0.15, 0.2) is 22.7 Å². The van der Waals surface area contributed by atoms with Gasteiger partial charge in [-0.2, -0.15) is 0 Å². The molecule has 0 saturated carbocycles. The van der Waals surface area contributed by atoms with Crippen LogP contribution in [0.1, 0.15) is 5.56 Å². The molecule has 3 nitrogen and oxygen atoms in total. The molecule has 0 fully saturated rings. The molecule has 1 aromatic carbocycles. The monoisotopic (exact) mass is 267 g/mol. The third kappa shape index (κ3) is 3.06. The first-order valence-electron chi connectivity index (χ1n) is 3.19. The lowest BCUT2D eigenvalue weighted by atomic mass is 10.2. The Hall–Kier alpha value is -0.460. The van der Waals surface area contributed by atoms with Gasteiger partial charge in [0.05, 0.1) is 4.47 Å².